The number of anilines is 1. The molecule has 0 unspecified atom stereocenters. The van der Waals surface area contributed by atoms with Gasteiger partial charge >= 0.3 is 5.97 Å². The molecular formula is C16H22N2O2. The third-order valence-electron chi connectivity index (χ3n) is 5.04. The number of aromatic carboxylic acids is 1. The van der Waals surface area contributed by atoms with Crippen LogP contribution in [0, 0.1) is 5.92 Å². The number of nitrogens with one attached hydrogen (secondary N) is 1. The molecule has 3 rings (SSSR count). The van der Waals surface area contributed by atoms with Crippen LogP contribution in [0.3, 0.4) is 0 Å². The van der Waals surface area contributed by atoms with Gasteiger partial charge in [0.2, 0.25) is 0 Å². The van der Waals surface area contributed by atoms with Gasteiger partial charge in [-0.3, -0.25) is 0 Å². The van der Waals surface area contributed by atoms with Crippen molar-refractivity contribution in [2.75, 3.05) is 5.32 Å². The summed E-state index contributed by atoms with van der Waals surface area (Å²) in [5.41, 5.74) is 0.367. The molecule has 2 N–H and O–H groups in total. The molecule has 2 aliphatic rings. The number of carboxylic acids is 1. The van der Waals surface area contributed by atoms with Crippen LogP contribution in [-0.4, -0.2) is 21.6 Å². The van der Waals surface area contributed by atoms with Crippen LogP contribution >= 0.6 is 0 Å². The van der Waals surface area contributed by atoms with Gasteiger partial charge in [0.15, 0.2) is 0 Å². The van der Waals surface area contributed by atoms with E-state index in [1.807, 2.05) is 0 Å². The third kappa shape index (κ3) is 2.39. The molecule has 4 nitrogen and oxygen atoms in total. The maximum atomic E-state index is 11.3. The molecule has 4 heteroatoms. The van der Waals surface area contributed by atoms with Crippen molar-refractivity contribution in [3.63, 3.8) is 0 Å². The van der Waals surface area contributed by atoms with Gasteiger partial charge in [-0.2, -0.15) is 0 Å². The van der Waals surface area contributed by atoms with Gasteiger partial charge < -0.3 is 10.4 Å². The van der Waals surface area contributed by atoms with Crippen molar-refractivity contribution in [2.45, 2.75) is 56.9 Å². The van der Waals surface area contributed by atoms with Crippen LogP contribution in [0.1, 0.15) is 61.7 Å². The Hall–Kier alpha value is -1.58. The Morgan fingerprint density at radius 2 is 1.95 bits per heavy atom. The van der Waals surface area contributed by atoms with Crippen molar-refractivity contribution in [1.29, 1.82) is 0 Å². The largest absolute Gasteiger partial charge is 0.478 e. The first-order valence-electron chi connectivity index (χ1n) is 7.68. The fraction of sp³-hybridized carbons (Fsp3) is 0.625. The van der Waals surface area contributed by atoms with Crippen LogP contribution in [0.25, 0.3) is 0 Å². The summed E-state index contributed by atoms with van der Waals surface area (Å²) in [6, 6.07) is 3.32. The monoisotopic (exact) mass is 274 g/mol. The van der Waals surface area contributed by atoms with E-state index in [-0.39, 0.29) is 11.1 Å². The van der Waals surface area contributed by atoms with E-state index in [2.05, 4.69) is 10.3 Å². The quantitative estimate of drug-likeness (QED) is 0.879. The fourth-order valence-corrected chi connectivity index (χ4v) is 4.03. The third-order valence-corrected chi connectivity index (χ3v) is 5.04. The van der Waals surface area contributed by atoms with Gasteiger partial charge in [-0.1, -0.05) is 25.7 Å². The van der Waals surface area contributed by atoms with E-state index in [0.717, 1.165) is 12.8 Å². The maximum absolute atomic E-state index is 11.3. The number of rotatable bonds is 4. The van der Waals surface area contributed by atoms with Crippen molar-refractivity contribution >= 4 is 11.8 Å². The predicted octanol–water partition coefficient (Wildman–Crippen LogP) is 3.69. The molecule has 0 aliphatic heterocycles. The molecule has 1 heterocycles. The lowest BCUT2D eigenvalue weighted by Gasteiger charge is -2.37. The lowest BCUT2D eigenvalue weighted by atomic mass is 9.81. The number of hydrogen-bond acceptors (Lipinski definition) is 3. The van der Waals surface area contributed by atoms with E-state index in [9.17, 15) is 9.90 Å². The zero-order chi connectivity index (χ0) is 14.0. The van der Waals surface area contributed by atoms with E-state index >= 15 is 0 Å². The van der Waals surface area contributed by atoms with Crippen molar-refractivity contribution in [2.24, 2.45) is 5.92 Å². The SMILES string of the molecule is O=C(O)c1cccnc1NC1(C2CCCC2)CCCC1. The zero-order valence-corrected chi connectivity index (χ0v) is 11.8. The standard InChI is InChI=1S/C16H22N2O2/c19-15(20)13-8-5-11-17-14(13)18-16(9-3-4-10-16)12-6-1-2-7-12/h5,8,11-12H,1-4,6-7,9-10H2,(H,17,18)(H,19,20). The Morgan fingerprint density at radius 1 is 1.25 bits per heavy atom. The highest BCUT2D eigenvalue weighted by Crippen LogP contribution is 2.45. The first-order chi connectivity index (χ1) is 9.71. The summed E-state index contributed by atoms with van der Waals surface area (Å²) in [5, 5.41) is 12.9. The van der Waals surface area contributed by atoms with Crippen molar-refractivity contribution in [3.8, 4) is 0 Å². The summed E-state index contributed by atoms with van der Waals surface area (Å²) in [4.78, 5) is 15.6. The van der Waals surface area contributed by atoms with E-state index in [4.69, 9.17) is 0 Å². The first-order valence-corrected chi connectivity index (χ1v) is 7.68. The average molecular weight is 274 g/mol. The minimum Gasteiger partial charge on any atom is -0.478 e. The Balaban J connectivity index is 1.89. The van der Waals surface area contributed by atoms with Gasteiger partial charge in [0.05, 0.1) is 0 Å². The van der Waals surface area contributed by atoms with E-state index in [1.165, 1.54) is 38.5 Å². The molecule has 0 bridgehead atoms. The fourth-order valence-electron chi connectivity index (χ4n) is 4.03. The predicted molar refractivity (Wildman–Crippen MR) is 78.0 cm³/mol. The molecule has 0 spiro atoms. The smallest absolute Gasteiger partial charge is 0.339 e. The molecule has 0 atom stereocenters. The molecule has 1 aromatic rings. The zero-order valence-electron chi connectivity index (χ0n) is 11.8. The topological polar surface area (TPSA) is 62.2 Å². The van der Waals surface area contributed by atoms with Gasteiger partial charge in [0.1, 0.15) is 11.4 Å². The summed E-state index contributed by atoms with van der Waals surface area (Å²) in [6.07, 6.45) is 11.6. The van der Waals surface area contributed by atoms with Gasteiger partial charge in [-0.25, -0.2) is 9.78 Å². The van der Waals surface area contributed by atoms with Crippen LogP contribution in [0.15, 0.2) is 18.3 Å². The molecule has 2 aliphatic carbocycles. The minimum absolute atomic E-state index is 0.0784. The highest BCUT2D eigenvalue weighted by atomic mass is 16.4. The normalized spacial score (nSPS) is 22.0. The summed E-state index contributed by atoms with van der Waals surface area (Å²) in [5.74, 6) is 0.322. The Morgan fingerprint density at radius 3 is 2.60 bits per heavy atom. The second kappa shape index (κ2) is 5.43. The number of nitrogens with zero attached hydrogens (tertiary/aromatic N) is 1. The molecule has 108 valence electrons. The van der Waals surface area contributed by atoms with Gasteiger partial charge in [-0.05, 0) is 43.7 Å². The van der Waals surface area contributed by atoms with E-state index in [1.54, 1.807) is 18.3 Å². The molecule has 0 radical (unpaired) electrons. The van der Waals surface area contributed by atoms with E-state index < -0.39 is 5.97 Å². The lowest BCUT2D eigenvalue weighted by Crippen LogP contribution is -2.42. The highest BCUT2D eigenvalue weighted by Gasteiger charge is 2.42. The number of carboxylic acid groups (broad SMARTS) is 1. The van der Waals surface area contributed by atoms with Crippen LogP contribution < -0.4 is 5.32 Å². The Labute approximate surface area is 119 Å². The molecule has 0 saturated heterocycles. The number of pyridine rings is 1. The molecule has 0 amide bonds. The summed E-state index contributed by atoms with van der Waals surface area (Å²) in [7, 11) is 0. The summed E-state index contributed by atoms with van der Waals surface area (Å²) < 4.78 is 0. The Kier molecular flexibility index (Phi) is 3.64. The van der Waals surface area contributed by atoms with Crippen LogP contribution in [-0.2, 0) is 0 Å². The molecular weight excluding hydrogens is 252 g/mol. The maximum Gasteiger partial charge on any atom is 0.339 e. The van der Waals surface area contributed by atoms with Crippen molar-refractivity contribution in [3.05, 3.63) is 23.9 Å². The first kappa shape index (κ1) is 13.4. The van der Waals surface area contributed by atoms with Crippen LogP contribution in [0.4, 0.5) is 5.82 Å². The highest BCUT2D eigenvalue weighted by molar-refractivity contribution is 5.93. The van der Waals surface area contributed by atoms with E-state index in [0.29, 0.717) is 11.7 Å². The molecule has 2 fully saturated rings. The van der Waals surface area contributed by atoms with Gasteiger partial charge in [0.25, 0.3) is 0 Å². The molecule has 0 aromatic carbocycles. The molecule has 2 saturated carbocycles. The number of carbonyl (C=O) groups is 1. The molecule has 1 aromatic heterocycles. The van der Waals surface area contributed by atoms with Crippen molar-refractivity contribution in [1.82, 2.24) is 4.98 Å². The van der Waals surface area contributed by atoms with Crippen LogP contribution in [0.5, 0.6) is 0 Å². The van der Waals surface area contributed by atoms with Gasteiger partial charge in [-0.15, -0.1) is 0 Å². The number of aromatic nitrogens is 1. The minimum atomic E-state index is -0.903. The molecule has 20 heavy (non-hydrogen) atoms. The second-order valence-electron chi connectivity index (χ2n) is 6.17. The second-order valence-corrected chi connectivity index (χ2v) is 6.17. The lowest BCUT2D eigenvalue weighted by molar-refractivity contribution is 0.0697. The number of hydrogen-bond donors (Lipinski definition) is 2. The van der Waals surface area contributed by atoms with Gasteiger partial charge in [0, 0.05) is 11.7 Å². The summed E-state index contributed by atoms with van der Waals surface area (Å²) in [6.45, 7) is 0. The Bertz CT molecular complexity index is 489. The average Bonchev–Trinajstić information content (AvgIpc) is 3.10. The van der Waals surface area contributed by atoms with Crippen molar-refractivity contribution < 1.29 is 9.90 Å². The summed E-state index contributed by atoms with van der Waals surface area (Å²) >= 11 is 0. The van der Waals surface area contributed by atoms with Crippen LogP contribution in [0.2, 0.25) is 0 Å².